The molecule has 1 unspecified atom stereocenters. The Balaban J connectivity index is 2.17. The van der Waals surface area contributed by atoms with E-state index in [9.17, 15) is 9.36 Å². The van der Waals surface area contributed by atoms with Crippen molar-refractivity contribution in [2.75, 3.05) is 20.3 Å². The van der Waals surface area contributed by atoms with Crippen LogP contribution < -0.4 is 5.44 Å². The molecule has 7 heteroatoms. The van der Waals surface area contributed by atoms with Gasteiger partial charge in [0.05, 0.1) is 20.3 Å². The molecule has 1 aromatic heterocycles. The van der Waals surface area contributed by atoms with Gasteiger partial charge in [-0.15, -0.1) is 0 Å². The second kappa shape index (κ2) is 8.39. The fourth-order valence-corrected chi connectivity index (χ4v) is 6.03. The Kier molecular flexibility index (Phi) is 6.27. The Morgan fingerprint density at radius 3 is 2.21 bits per heavy atom. The van der Waals surface area contributed by atoms with Crippen molar-refractivity contribution in [2.24, 2.45) is 0 Å². The minimum Gasteiger partial charge on any atom is -0.468 e. The van der Waals surface area contributed by atoms with Gasteiger partial charge in [0.1, 0.15) is 5.41 Å². The van der Waals surface area contributed by atoms with Gasteiger partial charge in [-0.25, -0.2) is 4.98 Å². The molecule has 156 valence electrons. The maximum absolute atomic E-state index is 13.4. The summed E-state index contributed by atoms with van der Waals surface area (Å²) in [4.78, 5) is 17.6. The third-order valence-corrected chi connectivity index (χ3v) is 7.73. The molecule has 0 bridgehead atoms. The van der Waals surface area contributed by atoms with Crippen molar-refractivity contribution in [3.63, 3.8) is 0 Å². The van der Waals surface area contributed by atoms with Crippen LogP contribution in [0.4, 0.5) is 0 Å². The van der Waals surface area contributed by atoms with Gasteiger partial charge in [0, 0.05) is 5.69 Å². The molecule has 29 heavy (non-hydrogen) atoms. The van der Waals surface area contributed by atoms with E-state index in [-0.39, 0.29) is 19.2 Å². The second-order valence-electron chi connectivity index (χ2n) is 7.23. The molecule has 0 radical (unpaired) electrons. The van der Waals surface area contributed by atoms with E-state index < -0.39 is 13.0 Å². The minimum absolute atomic E-state index is 0.255. The molecule has 0 saturated heterocycles. The van der Waals surface area contributed by atoms with E-state index in [0.29, 0.717) is 18.3 Å². The highest BCUT2D eigenvalue weighted by Crippen LogP contribution is 2.50. The van der Waals surface area contributed by atoms with Crippen LogP contribution in [0.2, 0.25) is 0 Å². The summed E-state index contributed by atoms with van der Waals surface area (Å²) in [5.41, 5.74) is 3.89. The number of benzene rings is 1. The van der Waals surface area contributed by atoms with Gasteiger partial charge < -0.3 is 13.8 Å². The van der Waals surface area contributed by atoms with Crippen LogP contribution in [-0.4, -0.2) is 31.3 Å². The number of ether oxygens (including phenoxy) is 1. The number of carbonyl (C=O) groups excluding carboxylic acids is 1. The van der Waals surface area contributed by atoms with Crippen LogP contribution in [0, 0.1) is 13.8 Å². The number of hydrogen-bond donors (Lipinski definition) is 0. The molecule has 1 heterocycles. The number of pyridine rings is 1. The lowest BCUT2D eigenvalue weighted by Gasteiger charge is -2.26. The molecule has 3 rings (SSSR count). The first-order valence-corrected chi connectivity index (χ1v) is 11.4. The molecule has 1 aliphatic rings. The number of methoxy groups -OCH3 is 1. The number of esters is 1. The molecule has 0 aliphatic heterocycles. The van der Waals surface area contributed by atoms with E-state index >= 15 is 0 Å². The number of aryl methyl sites for hydroxylation is 1. The van der Waals surface area contributed by atoms with Crippen LogP contribution in [-0.2, 0) is 41.4 Å². The van der Waals surface area contributed by atoms with Gasteiger partial charge in [-0.05, 0) is 62.8 Å². The number of carbonyl (C=O) groups is 1. The smallest absolute Gasteiger partial charge is 0.379 e. The third-order valence-electron chi connectivity index (χ3n) is 5.58. The molecule has 2 aromatic rings. The lowest BCUT2D eigenvalue weighted by Crippen LogP contribution is -2.38. The van der Waals surface area contributed by atoms with Crippen molar-refractivity contribution in [2.45, 2.75) is 46.0 Å². The normalized spacial score (nSPS) is 18.5. The van der Waals surface area contributed by atoms with Crippen molar-refractivity contribution in [1.82, 2.24) is 4.98 Å². The number of aromatic nitrogens is 1. The third kappa shape index (κ3) is 3.65. The predicted molar refractivity (Wildman–Crippen MR) is 112 cm³/mol. The van der Waals surface area contributed by atoms with Crippen LogP contribution in [0.1, 0.15) is 41.8 Å². The molecular weight excluding hydrogens is 389 g/mol. The Morgan fingerprint density at radius 1 is 1.07 bits per heavy atom. The Morgan fingerprint density at radius 2 is 1.66 bits per heavy atom. The average Bonchev–Trinajstić information content (AvgIpc) is 3.14. The summed E-state index contributed by atoms with van der Waals surface area (Å²) < 4.78 is 29.7. The zero-order chi connectivity index (χ0) is 21.2. The molecule has 1 atom stereocenters. The molecule has 1 aromatic carbocycles. The van der Waals surface area contributed by atoms with Gasteiger partial charge in [-0.3, -0.25) is 9.36 Å². The molecule has 0 spiro atoms. The molecule has 0 N–H and O–H groups in total. The standard InChI is InChI=1S/C22H28NO5P/c1-6-27-29(25,28-7-2)20-15(3)18-13-22(21(24)26-5,14-19(18)16(4)23-20)17-11-9-8-10-12-17/h8-12H,6-7,13-14H2,1-5H3. The van der Waals surface area contributed by atoms with E-state index in [1.165, 1.54) is 7.11 Å². The minimum atomic E-state index is -3.54. The topological polar surface area (TPSA) is 74.7 Å². The van der Waals surface area contributed by atoms with Gasteiger partial charge in [0.15, 0.2) is 5.44 Å². The Hall–Kier alpha value is -2.01. The van der Waals surface area contributed by atoms with Gasteiger partial charge >= 0.3 is 13.6 Å². The number of rotatable bonds is 7. The molecule has 0 amide bonds. The Bertz CT molecular complexity index is 949. The Labute approximate surface area is 172 Å². The van der Waals surface area contributed by atoms with Crippen LogP contribution >= 0.6 is 7.60 Å². The highest BCUT2D eigenvalue weighted by atomic mass is 31.2. The monoisotopic (exact) mass is 417 g/mol. The second-order valence-corrected chi connectivity index (χ2v) is 9.16. The van der Waals surface area contributed by atoms with Crippen LogP contribution in [0.3, 0.4) is 0 Å². The van der Waals surface area contributed by atoms with Crippen molar-refractivity contribution < 1.29 is 23.1 Å². The van der Waals surface area contributed by atoms with Crippen molar-refractivity contribution in [1.29, 1.82) is 0 Å². The van der Waals surface area contributed by atoms with Gasteiger partial charge in [0.25, 0.3) is 0 Å². The van der Waals surface area contributed by atoms with E-state index in [4.69, 9.17) is 13.8 Å². The fraction of sp³-hybridized carbons (Fsp3) is 0.455. The molecule has 1 aliphatic carbocycles. The first-order chi connectivity index (χ1) is 13.8. The van der Waals surface area contributed by atoms with Gasteiger partial charge in [-0.2, -0.15) is 0 Å². The summed E-state index contributed by atoms with van der Waals surface area (Å²) in [6.45, 7) is 7.82. The molecule has 0 fully saturated rings. The lowest BCUT2D eigenvalue weighted by atomic mass is 9.77. The fourth-order valence-electron chi connectivity index (χ4n) is 4.21. The zero-order valence-corrected chi connectivity index (χ0v) is 18.5. The van der Waals surface area contributed by atoms with Gasteiger partial charge in [-0.1, -0.05) is 30.3 Å². The average molecular weight is 417 g/mol. The predicted octanol–water partition coefficient (Wildman–Crippen LogP) is 3.80. The number of hydrogen-bond acceptors (Lipinski definition) is 6. The number of fused-ring (bicyclic) bond motifs is 1. The summed E-state index contributed by atoms with van der Waals surface area (Å²) in [5.74, 6) is -0.280. The highest BCUT2D eigenvalue weighted by Gasteiger charge is 2.49. The highest BCUT2D eigenvalue weighted by molar-refractivity contribution is 7.62. The van der Waals surface area contributed by atoms with E-state index in [1.54, 1.807) is 13.8 Å². The summed E-state index contributed by atoms with van der Waals surface area (Å²) in [6.07, 6.45) is 0.950. The molecule has 6 nitrogen and oxygen atoms in total. The van der Waals surface area contributed by atoms with E-state index in [0.717, 1.165) is 27.9 Å². The quantitative estimate of drug-likeness (QED) is 0.504. The SMILES string of the molecule is CCOP(=O)(OCC)c1nc(C)c2c(c1C)CC(C(=O)OC)(c1ccccc1)C2. The zero-order valence-electron chi connectivity index (χ0n) is 17.7. The van der Waals surface area contributed by atoms with E-state index in [2.05, 4.69) is 4.98 Å². The molecular formula is C22H28NO5P. The first-order valence-electron chi connectivity index (χ1n) is 9.85. The van der Waals surface area contributed by atoms with Crippen LogP contribution in [0.25, 0.3) is 0 Å². The summed E-state index contributed by atoms with van der Waals surface area (Å²) in [5, 5.41) is 0. The number of nitrogens with zero attached hydrogens (tertiary/aromatic N) is 1. The maximum Gasteiger partial charge on any atom is 0.379 e. The van der Waals surface area contributed by atoms with Crippen molar-refractivity contribution in [3.05, 3.63) is 58.3 Å². The van der Waals surface area contributed by atoms with Gasteiger partial charge in [0.2, 0.25) is 0 Å². The molecule has 0 saturated carbocycles. The maximum atomic E-state index is 13.4. The van der Waals surface area contributed by atoms with E-state index in [1.807, 2.05) is 44.2 Å². The van der Waals surface area contributed by atoms with Crippen molar-refractivity contribution >= 4 is 19.0 Å². The van der Waals surface area contributed by atoms with Crippen molar-refractivity contribution in [3.8, 4) is 0 Å². The summed E-state index contributed by atoms with van der Waals surface area (Å²) in [6, 6.07) is 9.67. The first kappa shape index (κ1) is 21.7. The lowest BCUT2D eigenvalue weighted by molar-refractivity contribution is -0.147. The van der Waals surface area contributed by atoms with Crippen LogP contribution in [0.5, 0.6) is 0 Å². The largest absolute Gasteiger partial charge is 0.468 e. The summed E-state index contributed by atoms with van der Waals surface area (Å²) >= 11 is 0. The summed E-state index contributed by atoms with van der Waals surface area (Å²) in [7, 11) is -2.13. The van der Waals surface area contributed by atoms with Crippen LogP contribution in [0.15, 0.2) is 30.3 Å².